The summed E-state index contributed by atoms with van der Waals surface area (Å²) in [4.78, 5) is 3.67. The third-order valence-electron chi connectivity index (χ3n) is 3.14. The number of hydrogen-bond donors (Lipinski definition) is 0. The molecule has 1 aliphatic carbocycles. The molecule has 0 fully saturated rings. The summed E-state index contributed by atoms with van der Waals surface area (Å²) in [6.45, 7) is 0. The Labute approximate surface area is 106 Å². The molecular formula is C13H10F3NS. The first-order valence-electron chi connectivity index (χ1n) is 5.69. The second-order valence-corrected chi connectivity index (χ2v) is 5.23. The Hall–Kier alpha value is -1.36. The van der Waals surface area contributed by atoms with E-state index in [-0.39, 0.29) is 0 Å². The van der Waals surface area contributed by atoms with Gasteiger partial charge in [0.15, 0.2) is 5.01 Å². The molecule has 1 aromatic carbocycles. The second-order valence-electron chi connectivity index (χ2n) is 4.37. The van der Waals surface area contributed by atoms with Crippen LogP contribution in [0.4, 0.5) is 13.2 Å². The van der Waals surface area contributed by atoms with Gasteiger partial charge in [0.1, 0.15) is 0 Å². The van der Waals surface area contributed by atoms with Crippen molar-refractivity contribution < 1.29 is 13.2 Å². The summed E-state index contributed by atoms with van der Waals surface area (Å²) < 4.78 is 37.5. The normalized spacial score (nSPS) is 14.8. The molecule has 0 saturated heterocycles. The van der Waals surface area contributed by atoms with Crippen LogP contribution in [0.3, 0.4) is 0 Å². The van der Waals surface area contributed by atoms with Gasteiger partial charge in [0.05, 0.1) is 5.69 Å². The van der Waals surface area contributed by atoms with Gasteiger partial charge in [-0.3, -0.25) is 0 Å². The minimum atomic E-state index is -4.35. The Morgan fingerprint density at radius 3 is 2.61 bits per heavy atom. The Morgan fingerprint density at radius 2 is 1.89 bits per heavy atom. The largest absolute Gasteiger partial charge is 0.443 e. The molecule has 18 heavy (non-hydrogen) atoms. The molecule has 94 valence electrons. The van der Waals surface area contributed by atoms with E-state index in [2.05, 4.69) is 4.98 Å². The Kier molecular flexibility index (Phi) is 2.66. The van der Waals surface area contributed by atoms with E-state index < -0.39 is 11.2 Å². The van der Waals surface area contributed by atoms with Crippen LogP contribution in [0.1, 0.15) is 22.6 Å². The molecule has 2 aromatic rings. The van der Waals surface area contributed by atoms with Gasteiger partial charge >= 0.3 is 6.18 Å². The van der Waals surface area contributed by atoms with E-state index in [1.54, 1.807) is 0 Å². The van der Waals surface area contributed by atoms with Crippen molar-refractivity contribution >= 4 is 11.3 Å². The average Bonchev–Trinajstić information content (AvgIpc) is 2.96. The molecule has 0 aliphatic heterocycles. The van der Waals surface area contributed by atoms with Gasteiger partial charge in [-0.15, -0.1) is 11.3 Å². The summed E-state index contributed by atoms with van der Waals surface area (Å²) in [5, 5.41) is 0.692. The van der Waals surface area contributed by atoms with Gasteiger partial charge in [-0.25, -0.2) is 4.98 Å². The summed E-state index contributed by atoms with van der Waals surface area (Å²) in [6, 6.07) is 5.83. The number of halogens is 3. The fourth-order valence-corrected chi connectivity index (χ4v) is 2.96. The zero-order valence-electron chi connectivity index (χ0n) is 9.42. The number of thiazole rings is 1. The van der Waals surface area contributed by atoms with Crippen molar-refractivity contribution in [2.75, 3.05) is 0 Å². The van der Waals surface area contributed by atoms with Crippen molar-refractivity contribution in [1.82, 2.24) is 4.98 Å². The third kappa shape index (κ3) is 2.03. The van der Waals surface area contributed by atoms with Crippen LogP contribution < -0.4 is 0 Å². The van der Waals surface area contributed by atoms with Crippen LogP contribution in [0, 0.1) is 0 Å². The number of nitrogens with zero attached hydrogens (tertiary/aromatic N) is 1. The molecule has 1 nitrogen and oxygen atoms in total. The fraction of sp³-hybridized carbons (Fsp3) is 0.308. The lowest BCUT2D eigenvalue weighted by Gasteiger charge is -2.03. The van der Waals surface area contributed by atoms with Gasteiger partial charge in [-0.2, -0.15) is 13.2 Å². The van der Waals surface area contributed by atoms with Crippen LogP contribution >= 0.6 is 11.3 Å². The summed E-state index contributed by atoms with van der Waals surface area (Å²) in [7, 11) is 0. The fourth-order valence-electron chi connectivity index (χ4n) is 2.27. The number of fused-ring (bicyclic) bond motifs is 1. The van der Waals surface area contributed by atoms with Crippen molar-refractivity contribution in [3.8, 4) is 11.3 Å². The van der Waals surface area contributed by atoms with Crippen molar-refractivity contribution in [2.45, 2.75) is 25.4 Å². The van der Waals surface area contributed by atoms with Crippen molar-refractivity contribution in [3.63, 3.8) is 0 Å². The average molecular weight is 269 g/mol. The summed E-state index contributed by atoms with van der Waals surface area (Å²) >= 11 is 0.648. The predicted octanol–water partition coefficient (Wildman–Crippen LogP) is 4.32. The van der Waals surface area contributed by atoms with E-state index in [0.29, 0.717) is 17.0 Å². The molecule has 1 heterocycles. The Balaban J connectivity index is 1.98. The molecule has 0 atom stereocenters. The maximum absolute atomic E-state index is 12.5. The van der Waals surface area contributed by atoms with Crippen LogP contribution in [0.5, 0.6) is 0 Å². The van der Waals surface area contributed by atoms with Gasteiger partial charge in [0.25, 0.3) is 0 Å². The third-order valence-corrected chi connectivity index (χ3v) is 4.03. The molecule has 0 radical (unpaired) electrons. The van der Waals surface area contributed by atoms with Crippen LogP contribution in [-0.4, -0.2) is 4.98 Å². The summed E-state index contributed by atoms with van der Waals surface area (Å²) in [5.41, 5.74) is 3.75. The number of hydrogen-bond acceptors (Lipinski definition) is 2. The first-order valence-corrected chi connectivity index (χ1v) is 6.57. The van der Waals surface area contributed by atoms with Gasteiger partial charge in [0.2, 0.25) is 0 Å². The molecule has 5 heteroatoms. The van der Waals surface area contributed by atoms with Crippen LogP contribution in [0.2, 0.25) is 0 Å². The minimum absolute atomic E-state index is 0.419. The molecular weight excluding hydrogens is 259 g/mol. The van der Waals surface area contributed by atoms with E-state index in [1.807, 2.05) is 18.2 Å². The number of rotatable bonds is 1. The molecule has 0 unspecified atom stereocenters. The summed E-state index contributed by atoms with van der Waals surface area (Å²) in [5.74, 6) is 0. The Bertz CT molecular complexity index is 586. The molecule has 0 bridgehead atoms. The minimum Gasteiger partial charge on any atom is -0.232 e. The maximum atomic E-state index is 12.5. The van der Waals surface area contributed by atoms with Crippen molar-refractivity contribution in [1.29, 1.82) is 0 Å². The predicted molar refractivity (Wildman–Crippen MR) is 64.6 cm³/mol. The molecule has 0 N–H and O–H groups in total. The topological polar surface area (TPSA) is 12.9 Å². The number of benzene rings is 1. The van der Waals surface area contributed by atoms with Crippen LogP contribution in [0.25, 0.3) is 11.3 Å². The van der Waals surface area contributed by atoms with Gasteiger partial charge < -0.3 is 0 Å². The zero-order valence-corrected chi connectivity index (χ0v) is 10.2. The number of aryl methyl sites for hydroxylation is 2. The monoisotopic (exact) mass is 269 g/mol. The smallest absolute Gasteiger partial charge is 0.232 e. The number of aromatic nitrogens is 1. The van der Waals surface area contributed by atoms with Crippen molar-refractivity contribution in [2.24, 2.45) is 0 Å². The van der Waals surface area contributed by atoms with Crippen molar-refractivity contribution in [3.05, 3.63) is 39.7 Å². The van der Waals surface area contributed by atoms with Gasteiger partial charge in [-0.05, 0) is 36.5 Å². The van der Waals surface area contributed by atoms with Gasteiger partial charge in [-0.1, -0.05) is 12.1 Å². The highest BCUT2D eigenvalue weighted by Crippen LogP contribution is 2.35. The second kappa shape index (κ2) is 4.09. The first-order chi connectivity index (χ1) is 8.54. The highest BCUT2D eigenvalue weighted by atomic mass is 32.1. The highest BCUT2D eigenvalue weighted by molar-refractivity contribution is 7.10. The SMILES string of the molecule is FC(F)(F)c1nc(-c2ccc3c(c2)CCC3)cs1. The molecule has 0 saturated carbocycles. The molecule has 0 amide bonds. The lowest BCUT2D eigenvalue weighted by atomic mass is 10.1. The lowest BCUT2D eigenvalue weighted by molar-refractivity contribution is -0.137. The lowest BCUT2D eigenvalue weighted by Crippen LogP contribution is -2.03. The highest BCUT2D eigenvalue weighted by Gasteiger charge is 2.34. The molecule has 0 spiro atoms. The van der Waals surface area contributed by atoms with E-state index in [0.717, 1.165) is 24.8 Å². The molecule has 1 aromatic heterocycles. The Morgan fingerprint density at radius 1 is 1.11 bits per heavy atom. The zero-order chi connectivity index (χ0) is 12.8. The van der Waals surface area contributed by atoms with E-state index in [9.17, 15) is 13.2 Å². The van der Waals surface area contributed by atoms with E-state index in [4.69, 9.17) is 0 Å². The van der Waals surface area contributed by atoms with Gasteiger partial charge in [0, 0.05) is 10.9 Å². The van der Waals surface area contributed by atoms with Crippen LogP contribution in [0.15, 0.2) is 23.6 Å². The molecule has 3 rings (SSSR count). The standard InChI is InChI=1S/C13H10F3NS/c14-13(15,16)12-17-11(7-18-12)10-5-4-8-2-1-3-9(8)6-10/h4-7H,1-3H2. The van der Waals surface area contributed by atoms with E-state index >= 15 is 0 Å². The summed E-state index contributed by atoms with van der Waals surface area (Å²) in [6.07, 6.45) is -1.14. The molecule has 1 aliphatic rings. The maximum Gasteiger partial charge on any atom is 0.443 e. The quantitative estimate of drug-likeness (QED) is 0.751. The number of alkyl halides is 3. The van der Waals surface area contributed by atoms with Crippen LogP contribution in [-0.2, 0) is 19.0 Å². The first kappa shape index (κ1) is 11.7. The van der Waals surface area contributed by atoms with E-state index in [1.165, 1.54) is 16.5 Å².